The van der Waals surface area contributed by atoms with Gasteiger partial charge in [0.2, 0.25) is 0 Å². The van der Waals surface area contributed by atoms with Gasteiger partial charge in [0.05, 0.1) is 0 Å². The van der Waals surface area contributed by atoms with Gasteiger partial charge >= 0.3 is 0 Å². The van der Waals surface area contributed by atoms with E-state index in [4.69, 9.17) is 5.73 Å². The molecule has 0 aliphatic heterocycles. The van der Waals surface area contributed by atoms with Crippen molar-refractivity contribution in [1.29, 1.82) is 0 Å². The number of pyridine rings is 1. The summed E-state index contributed by atoms with van der Waals surface area (Å²) in [6.45, 7) is 4.18. The molecule has 0 aliphatic rings. The predicted molar refractivity (Wildman–Crippen MR) is 58.9 cm³/mol. The SMILES string of the molecule is CCSCC(N)c1cncc(C)c1. The van der Waals surface area contributed by atoms with E-state index >= 15 is 0 Å². The lowest BCUT2D eigenvalue weighted by atomic mass is 10.1. The Hall–Kier alpha value is -0.540. The Bertz CT molecular complexity index is 263. The van der Waals surface area contributed by atoms with Gasteiger partial charge in [0, 0.05) is 24.2 Å². The fraction of sp³-hybridized carbons (Fsp3) is 0.500. The molecule has 1 rings (SSSR count). The van der Waals surface area contributed by atoms with E-state index in [1.54, 1.807) is 0 Å². The lowest BCUT2D eigenvalue weighted by molar-refractivity contribution is 0.822. The summed E-state index contributed by atoms with van der Waals surface area (Å²) in [4.78, 5) is 4.12. The third-order valence-corrected chi connectivity index (χ3v) is 2.83. The van der Waals surface area contributed by atoms with Gasteiger partial charge in [0.25, 0.3) is 0 Å². The molecule has 0 radical (unpaired) electrons. The van der Waals surface area contributed by atoms with Gasteiger partial charge in [0.15, 0.2) is 0 Å². The second-order valence-corrected chi connectivity index (χ2v) is 4.38. The van der Waals surface area contributed by atoms with E-state index in [1.165, 1.54) is 5.56 Å². The maximum atomic E-state index is 5.99. The minimum Gasteiger partial charge on any atom is -0.323 e. The van der Waals surface area contributed by atoms with Crippen LogP contribution in [0.1, 0.15) is 24.1 Å². The molecule has 1 atom stereocenters. The van der Waals surface area contributed by atoms with Crippen LogP contribution in [0.2, 0.25) is 0 Å². The summed E-state index contributed by atoms with van der Waals surface area (Å²) in [5.41, 5.74) is 8.30. The lowest BCUT2D eigenvalue weighted by Gasteiger charge is -2.10. The Balaban J connectivity index is 2.60. The van der Waals surface area contributed by atoms with E-state index in [-0.39, 0.29) is 6.04 Å². The van der Waals surface area contributed by atoms with Crippen molar-refractivity contribution >= 4 is 11.8 Å². The lowest BCUT2D eigenvalue weighted by Crippen LogP contribution is -2.13. The van der Waals surface area contributed by atoms with Crippen molar-refractivity contribution in [2.24, 2.45) is 5.73 Å². The highest BCUT2D eigenvalue weighted by Gasteiger charge is 2.05. The van der Waals surface area contributed by atoms with Gasteiger partial charge in [0.1, 0.15) is 0 Å². The monoisotopic (exact) mass is 196 g/mol. The first-order chi connectivity index (χ1) is 6.24. The van der Waals surface area contributed by atoms with E-state index in [0.717, 1.165) is 17.1 Å². The first-order valence-electron chi connectivity index (χ1n) is 4.49. The fourth-order valence-electron chi connectivity index (χ4n) is 1.12. The second kappa shape index (κ2) is 5.25. The Labute approximate surface area is 83.9 Å². The summed E-state index contributed by atoms with van der Waals surface area (Å²) in [6, 6.07) is 2.23. The van der Waals surface area contributed by atoms with E-state index in [9.17, 15) is 0 Å². The number of nitrogens with two attached hydrogens (primary N) is 1. The van der Waals surface area contributed by atoms with Crippen LogP contribution in [-0.2, 0) is 0 Å². The van der Waals surface area contributed by atoms with Gasteiger partial charge < -0.3 is 5.73 Å². The average molecular weight is 196 g/mol. The summed E-state index contributed by atoms with van der Waals surface area (Å²) >= 11 is 1.86. The molecular weight excluding hydrogens is 180 g/mol. The van der Waals surface area contributed by atoms with Gasteiger partial charge in [-0.1, -0.05) is 13.0 Å². The zero-order chi connectivity index (χ0) is 9.68. The van der Waals surface area contributed by atoms with Crippen molar-refractivity contribution in [3.05, 3.63) is 29.6 Å². The number of rotatable bonds is 4. The maximum absolute atomic E-state index is 5.99. The van der Waals surface area contributed by atoms with Crippen LogP contribution in [0.3, 0.4) is 0 Å². The number of hydrogen-bond acceptors (Lipinski definition) is 3. The van der Waals surface area contributed by atoms with Gasteiger partial charge in [-0.15, -0.1) is 0 Å². The van der Waals surface area contributed by atoms with Gasteiger partial charge in [-0.05, 0) is 23.8 Å². The molecule has 0 aliphatic carbocycles. The predicted octanol–water partition coefficient (Wildman–Crippen LogP) is 2.14. The highest BCUT2D eigenvalue weighted by atomic mass is 32.2. The fourth-order valence-corrected chi connectivity index (χ4v) is 1.80. The molecule has 0 amide bonds. The number of hydrogen-bond donors (Lipinski definition) is 1. The molecule has 72 valence electrons. The average Bonchev–Trinajstić information content (AvgIpc) is 2.14. The Morgan fingerprint density at radius 3 is 2.92 bits per heavy atom. The third kappa shape index (κ3) is 3.36. The molecule has 2 N–H and O–H groups in total. The summed E-state index contributed by atoms with van der Waals surface area (Å²) in [5, 5.41) is 0. The molecule has 3 heteroatoms. The molecule has 0 aromatic carbocycles. The minimum atomic E-state index is 0.123. The molecule has 1 unspecified atom stereocenters. The van der Waals surface area contributed by atoms with Gasteiger partial charge in [-0.25, -0.2) is 0 Å². The highest BCUT2D eigenvalue weighted by molar-refractivity contribution is 7.99. The van der Waals surface area contributed by atoms with Crippen LogP contribution in [0.15, 0.2) is 18.5 Å². The first kappa shape index (κ1) is 10.5. The van der Waals surface area contributed by atoms with Crippen LogP contribution >= 0.6 is 11.8 Å². The van der Waals surface area contributed by atoms with Crippen molar-refractivity contribution < 1.29 is 0 Å². The Morgan fingerprint density at radius 2 is 2.31 bits per heavy atom. The zero-order valence-corrected chi connectivity index (χ0v) is 8.97. The second-order valence-electron chi connectivity index (χ2n) is 3.06. The number of nitrogens with zero attached hydrogens (tertiary/aromatic N) is 1. The smallest absolute Gasteiger partial charge is 0.0402 e. The molecule has 0 bridgehead atoms. The molecular formula is C10H16N2S. The molecule has 0 spiro atoms. The van der Waals surface area contributed by atoms with Crippen molar-refractivity contribution in [3.8, 4) is 0 Å². The molecule has 0 fully saturated rings. The van der Waals surface area contributed by atoms with Crippen molar-refractivity contribution in [2.45, 2.75) is 19.9 Å². The molecule has 1 aromatic heterocycles. The van der Waals surface area contributed by atoms with Crippen LogP contribution in [0, 0.1) is 6.92 Å². The highest BCUT2D eigenvalue weighted by Crippen LogP contribution is 2.15. The summed E-state index contributed by atoms with van der Waals surface area (Å²) < 4.78 is 0. The van der Waals surface area contributed by atoms with E-state index < -0.39 is 0 Å². The number of aryl methyl sites for hydroxylation is 1. The third-order valence-electron chi connectivity index (χ3n) is 1.83. The minimum absolute atomic E-state index is 0.123. The van der Waals surface area contributed by atoms with E-state index in [1.807, 2.05) is 31.1 Å². The summed E-state index contributed by atoms with van der Waals surface area (Å²) in [5.74, 6) is 2.09. The Morgan fingerprint density at radius 1 is 1.54 bits per heavy atom. The molecule has 2 nitrogen and oxygen atoms in total. The summed E-state index contributed by atoms with van der Waals surface area (Å²) in [6.07, 6.45) is 3.71. The van der Waals surface area contributed by atoms with Crippen LogP contribution in [0.4, 0.5) is 0 Å². The standard InChI is InChI=1S/C10H16N2S/c1-3-13-7-10(11)9-4-8(2)5-12-6-9/h4-6,10H,3,7,11H2,1-2H3. The molecule has 0 saturated carbocycles. The number of thioether (sulfide) groups is 1. The quantitative estimate of drug-likeness (QED) is 0.802. The number of aromatic nitrogens is 1. The van der Waals surface area contributed by atoms with Crippen LogP contribution < -0.4 is 5.73 Å². The molecule has 0 saturated heterocycles. The topological polar surface area (TPSA) is 38.9 Å². The van der Waals surface area contributed by atoms with Crippen molar-refractivity contribution in [1.82, 2.24) is 4.98 Å². The largest absolute Gasteiger partial charge is 0.323 e. The normalized spacial score (nSPS) is 12.8. The Kier molecular flexibility index (Phi) is 4.25. The summed E-state index contributed by atoms with van der Waals surface area (Å²) in [7, 11) is 0. The van der Waals surface area contributed by atoms with E-state index in [0.29, 0.717) is 0 Å². The zero-order valence-electron chi connectivity index (χ0n) is 8.16. The maximum Gasteiger partial charge on any atom is 0.0402 e. The van der Waals surface area contributed by atoms with Gasteiger partial charge in [-0.2, -0.15) is 11.8 Å². The first-order valence-corrected chi connectivity index (χ1v) is 5.64. The van der Waals surface area contributed by atoms with Crippen LogP contribution in [0.5, 0.6) is 0 Å². The van der Waals surface area contributed by atoms with Crippen molar-refractivity contribution in [2.75, 3.05) is 11.5 Å². The van der Waals surface area contributed by atoms with E-state index in [2.05, 4.69) is 18.0 Å². The van der Waals surface area contributed by atoms with Crippen molar-refractivity contribution in [3.63, 3.8) is 0 Å². The van der Waals surface area contributed by atoms with Crippen LogP contribution in [0.25, 0.3) is 0 Å². The molecule has 1 aromatic rings. The molecule has 13 heavy (non-hydrogen) atoms. The van der Waals surface area contributed by atoms with Gasteiger partial charge in [-0.3, -0.25) is 4.98 Å². The van der Waals surface area contributed by atoms with Crippen LogP contribution in [-0.4, -0.2) is 16.5 Å². The molecule has 1 heterocycles.